The van der Waals surface area contributed by atoms with Gasteiger partial charge in [-0.05, 0) is 49.3 Å². The molecule has 1 aromatic rings. The Morgan fingerprint density at radius 2 is 1.14 bits per heavy atom. The highest BCUT2D eigenvalue weighted by Crippen LogP contribution is 2.59. The summed E-state index contributed by atoms with van der Waals surface area (Å²) in [5, 5.41) is 5.53. The Labute approximate surface area is 183 Å². The van der Waals surface area contributed by atoms with Crippen molar-refractivity contribution >= 4 is 26.5 Å². The van der Waals surface area contributed by atoms with Gasteiger partial charge in [-0.15, -0.1) is 0 Å². The van der Waals surface area contributed by atoms with Gasteiger partial charge < -0.3 is 0 Å². The fraction of sp³-hybridized carbons (Fsp3) is 0.630. The van der Waals surface area contributed by atoms with Crippen molar-refractivity contribution < 1.29 is 0 Å². The topological polar surface area (TPSA) is 0 Å². The van der Waals surface area contributed by atoms with E-state index in [-0.39, 0.29) is 10.1 Å². The van der Waals surface area contributed by atoms with Crippen LogP contribution in [0.5, 0.6) is 0 Å². The average molecular weight is 427 g/mol. The second-order valence-corrected chi connectivity index (χ2v) is 23.3. The number of rotatable bonds is 3. The van der Waals surface area contributed by atoms with Gasteiger partial charge in [-0.25, -0.2) is 0 Å². The first kappa shape index (κ1) is 24.4. The fourth-order valence-corrected chi connectivity index (χ4v) is 16.1. The summed E-state index contributed by atoms with van der Waals surface area (Å²) < 4.78 is 0. The number of allylic oxidation sites excluding steroid dienone is 4. The Hall–Kier alpha value is -0.866. The summed E-state index contributed by atoms with van der Waals surface area (Å²) in [5.41, 5.74) is 6.15. The van der Waals surface area contributed by atoms with E-state index in [4.69, 9.17) is 0 Å². The molecule has 0 aromatic heterocycles. The standard InChI is InChI=1S/C27H46Si2/c1-18-15-23(28(12,13)14)17-24(16-18)29(26(6,7)8,27(9,10)11)25-21(4)19(2)20(3)22(25)5/h15-17,21H,1-14H3. The Balaban J connectivity index is 3.06. The van der Waals surface area contributed by atoms with E-state index in [1.165, 1.54) is 11.1 Å². The summed E-state index contributed by atoms with van der Waals surface area (Å²) >= 11 is 0. The zero-order valence-corrected chi connectivity index (χ0v) is 23.8. The Bertz CT molecular complexity index is 847. The first-order valence-corrected chi connectivity index (χ1v) is 16.9. The molecule has 1 aliphatic carbocycles. The molecule has 0 bridgehead atoms. The maximum Gasteiger partial charge on any atom is 0.124 e. The highest BCUT2D eigenvalue weighted by Gasteiger charge is 2.59. The SMILES string of the molecule is CC1=C(C)C(C)C([Si](c2cc(C)cc([Si](C)(C)C)c2)(C(C)(C)C)C(C)(C)C)=C1C. The van der Waals surface area contributed by atoms with Crippen LogP contribution in [0.15, 0.2) is 40.1 Å². The molecule has 0 saturated heterocycles. The van der Waals surface area contributed by atoms with Crippen LogP contribution in [0, 0.1) is 12.8 Å². The van der Waals surface area contributed by atoms with E-state index in [0.717, 1.165) is 0 Å². The van der Waals surface area contributed by atoms with E-state index in [1.807, 2.05) is 0 Å². The van der Waals surface area contributed by atoms with E-state index >= 15 is 0 Å². The average Bonchev–Trinajstić information content (AvgIpc) is 2.69. The van der Waals surface area contributed by atoms with Crippen molar-refractivity contribution in [2.24, 2.45) is 5.92 Å². The summed E-state index contributed by atoms with van der Waals surface area (Å²) in [7, 11) is -3.53. The maximum absolute atomic E-state index is 2.65. The van der Waals surface area contributed by atoms with Crippen LogP contribution in [0.1, 0.15) is 74.8 Å². The highest BCUT2D eigenvalue weighted by molar-refractivity contribution is 7.02. The molecule has 162 valence electrons. The largest absolute Gasteiger partial charge is 0.124 e. The predicted octanol–water partition coefficient (Wildman–Crippen LogP) is 7.64. The van der Waals surface area contributed by atoms with Crippen molar-refractivity contribution in [1.29, 1.82) is 0 Å². The molecule has 0 saturated carbocycles. The van der Waals surface area contributed by atoms with Gasteiger partial charge in [0.1, 0.15) is 8.07 Å². The summed E-state index contributed by atoms with van der Waals surface area (Å²) in [6, 6.07) is 7.68. The predicted molar refractivity (Wildman–Crippen MR) is 139 cm³/mol. The highest BCUT2D eigenvalue weighted by atomic mass is 28.3. The van der Waals surface area contributed by atoms with Crippen LogP contribution in [-0.4, -0.2) is 16.1 Å². The maximum atomic E-state index is 2.65. The van der Waals surface area contributed by atoms with E-state index < -0.39 is 16.1 Å². The Morgan fingerprint density at radius 1 is 0.690 bits per heavy atom. The van der Waals surface area contributed by atoms with Crippen molar-refractivity contribution in [3.63, 3.8) is 0 Å². The van der Waals surface area contributed by atoms with Crippen LogP contribution in [0.2, 0.25) is 29.7 Å². The van der Waals surface area contributed by atoms with Gasteiger partial charge in [0.2, 0.25) is 0 Å². The number of hydrogen-bond acceptors (Lipinski definition) is 0. The molecule has 2 heteroatoms. The third-order valence-corrected chi connectivity index (χ3v) is 17.0. The minimum Gasteiger partial charge on any atom is -0.0656 e. The minimum atomic E-state index is -2.13. The molecule has 0 N–H and O–H groups in total. The monoisotopic (exact) mass is 426 g/mol. The molecule has 0 radical (unpaired) electrons. The number of benzene rings is 1. The molecule has 0 fully saturated rings. The Morgan fingerprint density at radius 3 is 1.48 bits per heavy atom. The fourth-order valence-electron chi connectivity index (χ4n) is 6.36. The second-order valence-electron chi connectivity index (χ2n) is 12.7. The molecule has 1 unspecified atom stereocenters. The number of hydrogen-bond donors (Lipinski definition) is 0. The van der Waals surface area contributed by atoms with Crippen molar-refractivity contribution in [3.05, 3.63) is 45.7 Å². The smallest absolute Gasteiger partial charge is 0.0656 e. The van der Waals surface area contributed by atoms with Gasteiger partial charge in [0.05, 0.1) is 8.07 Å². The zero-order chi connectivity index (χ0) is 22.7. The van der Waals surface area contributed by atoms with Gasteiger partial charge >= 0.3 is 0 Å². The molecule has 1 aromatic carbocycles. The van der Waals surface area contributed by atoms with E-state index in [1.54, 1.807) is 26.7 Å². The lowest BCUT2D eigenvalue weighted by atomic mass is 10.1. The minimum absolute atomic E-state index is 0.228. The summed E-state index contributed by atoms with van der Waals surface area (Å²) in [4.78, 5) is 0. The summed E-state index contributed by atoms with van der Waals surface area (Å²) in [6.45, 7) is 34.5. The summed E-state index contributed by atoms with van der Waals surface area (Å²) in [5.74, 6) is 0.552. The van der Waals surface area contributed by atoms with E-state index in [2.05, 4.69) is 114 Å². The zero-order valence-electron chi connectivity index (χ0n) is 21.8. The lowest BCUT2D eigenvalue weighted by Crippen LogP contribution is -2.65. The van der Waals surface area contributed by atoms with Crippen molar-refractivity contribution in [2.45, 2.75) is 106 Å². The van der Waals surface area contributed by atoms with E-state index in [0.29, 0.717) is 5.92 Å². The third kappa shape index (κ3) is 3.80. The van der Waals surface area contributed by atoms with Gasteiger partial charge in [0.15, 0.2) is 0 Å². The van der Waals surface area contributed by atoms with Crippen LogP contribution < -0.4 is 10.4 Å². The van der Waals surface area contributed by atoms with Gasteiger partial charge in [0, 0.05) is 0 Å². The lowest BCUT2D eigenvalue weighted by molar-refractivity contribution is 0.619. The molecule has 0 spiro atoms. The molecular weight excluding hydrogens is 380 g/mol. The van der Waals surface area contributed by atoms with Gasteiger partial charge in [-0.2, -0.15) is 0 Å². The molecule has 0 heterocycles. The van der Waals surface area contributed by atoms with Gasteiger partial charge in [0.25, 0.3) is 0 Å². The molecular formula is C27H46Si2. The van der Waals surface area contributed by atoms with Crippen LogP contribution in [0.25, 0.3) is 0 Å². The molecule has 1 atom stereocenters. The quantitative estimate of drug-likeness (QED) is 0.436. The Kier molecular flexibility index (Phi) is 6.20. The lowest BCUT2D eigenvalue weighted by Gasteiger charge is -2.55. The first-order chi connectivity index (χ1) is 12.9. The van der Waals surface area contributed by atoms with E-state index in [9.17, 15) is 0 Å². The molecule has 29 heavy (non-hydrogen) atoms. The summed E-state index contributed by atoms with van der Waals surface area (Å²) in [6.07, 6.45) is 0. The molecule has 0 nitrogen and oxygen atoms in total. The van der Waals surface area contributed by atoms with Crippen LogP contribution in [0.3, 0.4) is 0 Å². The van der Waals surface area contributed by atoms with Crippen molar-refractivity contribution in [1.82, 2.24) is 0 Å². The van der Waals surface area contributed by atoms with Gasteiger partial charge in [-0.3, -0.25) is 0 Å². The van der Waals surface area contributed by atoms with Gasteiger partial charge in [-0.1, -0.05) is 119 Å². The van der Waals surface area contributed by atoms with Crippen molar-refractivity contribution in [3.8, 4) is 0 Å². The molecule has 0 aliphatic heterocycles. The van der Waals surface area contributed by atoms with Crippen LogP contribution >= 0.6 is 0 Å². The molecule has 2 rings (SSSR count). The second kappa shape index (κ2) is 7.37. The van der Waals surface area contributed by atoms with Crippen molar-refractivity contribution in [2.75, 3.05) is 0 Å². The molecule has 1 aliphatic rings. The third-order valence-electron chi connectivity index (χ3n) is 7.67. The van der Waals surface area contributed by atoms with Crippen LogP contribution in [0.4, 0.5) is 0 Å². The number of aryl methyl sites for hydroxylation is 1. The normalized spacial score (nSPS) is 19.4. The van der Waals surface area contributed by atoms with Crippen LogP contribution in [-0.2, 0) is 0 Å². The molecule has 0 amide bonds. The first-order valence-electron chi connectivity index (χ1n) is 11.4.